The van der Waals surface area contributed by atoms with Gasteiger partial charge < -0.3 is 10.6 Å². The minimum atomic E-state index is 0.559. The van der Waals surface area contributed by atoms with E-state index >= 15 is 0 Å². The number of hydrogen-bond donors (Lipinski definition) is 4. The van der Waals surface area contributed by atoms with Gasteiger partial charge in [-0.1, -0.05) is 6.42 Å². The second-order valence-electron chi connectivity index (χ2n) is 4.86. The summed E-state index contributed by atoms with van der Waals surface area (Å²) in [5.41, 5.74) is 5.79. The molecule has 3 atom stereocenters. The van der Waals surface area contributed by atoms with Crippen LogP contribution in [0.3, 0.4) is 0 Å². The summed E-state index contributed by atoms with van der Waals surface area (Å²) in [5.74, 6) is 1.75. The summed E-state index contributed by atoms with van der Waals surface area (Å²) in [7, 11) is 0. The molecule has 2 fully saturated rings. The van der Waals surface area contributed by atoms with E-state index in [1.54, 1.807) is 0 Å². The van der Waals surface area contributed by atoms with Gasteiger partial charge in [0.1, 0.15) is 0 Å². The van der Waals surface area contributed by atoms with E-state index in [1.165, 1.54) is 25.7 Å². The monoisotopic (exact) mass is 272 g/mol. The van der Waals surface area contributed by atoms with Crippen LogP contribution in [0.2, 0.25) is 0 Å². The lowest BCUT2D eigenvalue weighted by molar-refractivity contribution is 0.389. The summed E-state index contributed by atoms with van der Waals surface area (Å²) in [4.78, 5) is 0. The summed E-state index contributed by atoms with van der Waals surface area (Å²) >= 11 is 10.3. The lowest BCUT2D eigenvalue weighted by atomic mass is 9.96. The van der Waals surface area contributed by atoms with Gasteiger partial charge in [0.15, 0.2) is 10.2 Å². The average molecular weight is 272 g/mol. The predicted molar refractivity (Wildman–Crippen MR) is 77.5 cm³/mol. The minimum absolute atomic E-state index is 0.559. The molecule has 2 aliphatic carbocycles. The number of fused-ring (bicyclic) bond motifs is 2. The molecule has 0 aliphatic heterocycles. The van der Waals surface area contributed by atoms with E-state index < -0.39 is 0 Å². The Morgan fingerprint density at radius 1 is 1.12 bits per heavy atom. The molecule has 0 radical (unpaired) electrons. The fourth-order valence-electron chi connectivity index (χ4n) is 2.94. The molecule has 0 aromatic carbocycles. The van der Waals surface area contributed by atoms with Crippen molar-refractivity contribution in [1.82, 2.24) is 21.5 Å². The van der Waals surface area contributed by atoms with Crippen LogP contribution in [-0.2, 0) is 0 Å². The number of thiocarbonyl (C=S) groups is 2. The molecule has 4 N–H and O–H groups in total. The molecule has 17 heavy (non-hydrogen) atoms. The summed E-state index contributed by atoms with van der Waals surface area (Å²) in [6, 6.07) is 0.559. The van der Waals surface area contributed by atoms with Gasteiger partial charge in [-0.05, 0) is 62.5 Å². The van der Waals surface area contributed by atoms with Crippen molar-refractivity contribution in [3.05, 3.63) is 0 Å². The van der Waals surface area contributed by atoms with E-state index in [9.17, 15) is 0 Å². The zero-order chi connectivity index (χ0) is 12.3. The summed E-state index contributed by atoms with van der Waals surface area (Å²) in [6.45, 7) is 2.81. The molecule has 0 spiro atoms. The lowest BCUT2D eigenvalue weighted by Crippen LogP contribution is -2.53. The maximum absolute atomic E-state index is 5.24. The van der Waals surface area contributed by atoms with E-state index in [0.29, 0.717) is 16.3 Å². The van der Waals surface area contributed by atoms with E-state index in [2.05, 4.69) is 21.5 Å². The standard InChI is InChI=1S/C11H20N4S2/c1-2-12-10(16)14-15-11(17)13-9-6-7-3-4-8(9)5-7/h7-9H,2-6H2,1H3,(H2,12,14,16)(H2,13,15,17)/t7-,8+,9+/m1/s1. The molecule has 96 valence electrons. The van der Waals surface area contributed by atoms with Gasteiger partial charge in [-0.2, -0.15) is 0 Å². The first-order valence-corrected chi connectivity index (χ1v) is 7.11. The average Bonchev–Trinajstić information content (AvgIpc) is 2.88. The van der Waals surface area contributed by atoms with Crippen molar-refractivity contribution in [1.29, 1.82) is 0 Å². The Morgan fingerprint density at radius 3 is 2.47 bits per heavy atom. The van der Waals surface area contributed by atoms with Crippen molar-refractivity contribution in [2.24, 2.45) is 11.8 Å². The Morgan fingerprint density at radius 2 is 1.88 bits per heavy atom. The van der Waals surface area contributed by atoms with Gasteiger partial charge in [-0.15, -0.1) is 0 Å². The zero-order valence-corrected chi connectivity index (χ0v) is 11.7. The molecular weight excluding hydrogens is 252 g/mol. The van der Waals surface area contributed by atoms with Crippen LogP contribution in [-0.4, -0.2) is 22.8 Å². The highest BCUT2D eigenvalue weighted by atomic mass is 32.1. The Balaban J connectivity index is 1.66. The van der Waals surface area contributed by atoms with E-state index in [1.807, 2.05) is 6.92 Å². The molecule has 0 aromatic rings. The number of hydrogen-bond acceptors (Lipinski definition) is 2. The maximum Gasteiger partial charge on any atom is 0.185 e. The Kier molecular flexibility index (Phi) is 4.39. The summed E-state index contributed by atoms with van der Waals surface area (Å²) in [5, 5.41) is 7.59. The van der Waals surface area contributed by atoms with Gasteiger partial charge in [0, 0.05) is 12.6 Å². The lowest BCUT2D eigenvalue weighted by Gasteiger charge is -2.24. The van der Waals surface area contributed by atoms with Gasteiger partial charge in [-0.25, -0.2) is 0 Å². The summed E-state index contributed by atoms with van der Waals surface area (Å²) < 4.78 is 0. The highest BCUT2D eigenvalue weighted by Gasteiger charge is 2.39. The molecular formula is C11H20N4S2. The Bertz CT molecular complexity index is 308. The van der Waals surface area contributed by atoms with Gasteiger partial charge in [0.25, 0.3) is 0 Å². The van der Waals surface area contributed by atoms with Crippen molar-refractivity contribution in [2.45, 2.75) is 38.6 Å². The molecule has 2 bridgehead atoms. The number of rotatable bonds is 2. The van der Waals surface area contributed by atoms with Crippen LogP contribution >= 0.6 is 24.4 Å². The molecule has 2 rings (SSSR count). The first kappa shape index (κ1) is 12.8. The van der Waals surface area contributed by atoms with Gasteiger partial charge in [0.2, 0.25) is 0 Å². The fourth-order valence-corrected chi connectivity index (χ4v) is 3.34. The highest BCUT2D eigenvalue weighted by molar-refractivity contribution is 7.80. The predicted octanol–water partition coefficient (Wildman–Crippen LogP) is 1.04. The number of hydrazine groups is 1. The molecule has 0 aromatic heterocycles. The quantitative estimate of drug-likeness (QED) is 0.445. The second-order valence-corrected chi connectivity index (χ2v) is 5.68. The Labute approximate surface area is 113 Å². The minimum Gasteiger partial charge on any atom is -0.362 e. The normalized spacial score (nSPS) is 29.8. The van der Waals surface area contributed by atoms with Crippen molar-refractivity contribution in [3.63, 3.8) is 0 Å². The van der Waals surface area contributed by atoms with Crippen LogP contribution in [0, 0.1) is 11.8 Å². The fraction of sp³-hybridized carbons (Fsp3) is 0.818. The molecule has 4 nitrogen and oxygen atoms in total. The summed E-state index contributed by atoms with van der Waals surface area (Å²) in [6.07, 6.45) is 5.41. The third kappa shape index (κ3) is 3.42. The van der Waals surface area contributed by atoms with Crippen LogP contribution in [0.15, 0.2) is 0 Å². The van der Waals surface area contributed by atoms with Crippen molar-refractivity contribution in [2.75, 3.05) is 6.54 Å². The molecule has 2 saturated carbocycles. The van der Waals surface area contributed by atoms with Gasteiger partial charge in [0.05, 0.1) is 0 Å². The SMILES string of the molecule is CCNC(=S)NNC(=S)N[C@H]1C[C@@H]2CC[C@H]1C2. The van der Waals surface area contributed by atoms with E-state index in [-0.39, 0.29) is 0 Å². The highest BCUT2D eigenvalue weighted by Crippen LogP contribution is 2.44. The molecule has 0 heterocycles. The molecule has 0 unspecified atom stereocenters. The van der Waals surface area contributed by atoms with Crippen molar-refractivity contribution < 1.29 is 0 Å². The third-order valence-electron chi connectivity index (χ3n) is 3.68. The molecule has 6 heteroatoms. The first-order chi connectivity index (χ1) is 8.19. The van der Waals surface area contributed by atoms with Crippen LogP contribution in [0.25, 0.3) is 0 Å². The topological polar surface area (TPSA) is 48.1 Å². The molecule has 0 amide bonds. The maximum atomic E-state index is 5.24. The van der Waals surface area contributed by atoms with Crippen molar-refractivity contribution in [3.8, 4) is 0 Å². The van der Waals surface area contributed by atoms with Gasteiger partial charge in [-0.3, -0.25) is 10.9 Å². The van der Waals surface area contributed by atoms with Crippen molar-refractivity contribution >= 4 is 34.7 Å². The van der Waals surface area contributed by atoms with E-state index in [4.69, 9.17) is 24.4 Å². The molecule has 0 saturated heterocycles. The van der Waals surface area contributed by atoms with Crippen LogP contribution in [0.1, 0.15) is 32.6 Å². The first-order valence-electron chi connectivity index (χ1n) is 6.29. The number of nitrogens with one attached hydrogen (secondary N) is 4. The van der Waals surface area contributed by atoms with Crippen LogP contribution in [0.4, 0.5) is 0 Å². The Hall–Kier alpha value is -0.620. The zero-order valence-electron chi connectivity index (χ0n) is 10.1. The molecule has 2 aliphatic rings. The van der Waals surface area contributed by atoms with Crippen LogP contribution < -0.4 is 21.5 Å². The van der Waals surface area contributed by atoms with Gasteiger partial charge >= 0.3 is 0 Å². The second kappa shape index (κ2) is 5.82. The smallest absolute Gasteiger partial charge is 0.185 e. The third-order valence-corrected chi connectivity index (χ3v) is 4.15. The largest absolute Gasteiger partial charge is 0.362 e. The van der Waals surface area contributed by atoms with Crippen LogP contribution in [0.5, 0.6) is 0 Å². The van der Waals surface area contributed by atoms with E-state index in [0.717, 1.165) is 18.4 Å².